The van der Waals surface area contributed by atoms with E-state index in [1.165, 1.54) is 0 Å². The summed E-state index contributed by atoms with van der Waals surface area (Å²) in [5.41, 5.74) is 2.56. The number of rotatable bonds is 7. The maximum atomic E-state index is 14.4. The lowest BCUT2D eigenvalue weighted by molar-refractivity contribution is -0.118. The number of hydrogen-bond donors (Lipinski definition) is 3. The van der Waals surface area contributed by atoms with Crippen molar-refractivity contribution >= 4 is 18.1 Å². The smallest absolute Gasteiger partial charge is 0.289 e. The van der Waals surface area contributed by atoms with Gasteiger partial charge in [0.05, 0.1) is 0 Å². The molecule has 4 nitrogen and oxygen atoms in total. The van der Waals surface area contributed by atoms with E-state index in [4.69, 9.17) is 0 Å². The van der Waals surface area contributed by atoms with Crippen LogP contribution in [0.3, 0.4) is 0 Å². The zero-order valence-electron chi connectivity index (χ0n) is 15.1. The van der Waals surface area contributed by atoms with Crippen molar-refractivity contribution in [2.45, 2.75) is 18.5 Å². The van der Waals surface area contributed by atoms with Crippen LogP contribution in [0.2, 0.25) is 0 Å². The lowest BCUT2D eigenvalue weighted by Gasteiger charge is -2.38. The Bertz CT molecular complexity index is 679. The van der Waals surface area contributed by atoms with E-state index in [9.17, 15) is 13.9 Å². The molecule has 0 radical (unpaired) electrons. The molecule has 1 atom stereocenters. The number of aliphatic hydroxyl groups excluding tert-OH is 1. The SMILES string of the molecule is Cl.OCC(F)(F)[C@@H](c1ccc(NCc2ccccc2)cc1)N1CCNCC1. The predicted octanol–water partition coefficient (Wildman–Crippen LogP) is 3.29. The maximum absolute atomic E-state index is 14.4. The third kappa shape index (κ3) is 5.62. The summed E-state index contributed by atoms with van der Waals surface area (Å²) in [6, 6.07) is 16.0. The van der Waals surface area contributed by atoms with Crippen molar-refractivity contribution in [3.63, 3.8) is 0 Å². The number of nitrogens with zero attached hydrogens (tertiary/aromatic N) is 1. The standard InChI is InChI=1S/C20H25F2N3O.ClH/c21-20(22,15-26)19(25-12-10-23-11-13-25)17-6-8-18(9-7-17)24-14-16-4-2-1-3-5-16;/h1-9,19,23-24,26H,10-15H2;1H/t19-;/m1./s1. The Balaban J connectivity index is 0.00000261. The van der Waals surface area contributed by atoms with Crippen LogP contribution in [0.5, 0.6) is 0 Å². The number of aliphatic hydroxyl groups is 1. The topological polar surface area (TPSA) is 47.5 Å². The molecule has 1 fully saturated rings. The minimum atomic E-state index is -3.18. The van der Waals surface area contributed by atoms with E-state index < -0.39 is 18.6 Å². The summed E-state index contributed by atoms with van der Waals surface area (Å²) in [6.45, 7) is 1.94. The van der Waals surface area contributed by atoms with E-state index >= 15 is 0 Å². The molecule has 1 saturated heterocycles. The molecule has 3 N–H and O–H groups in total. The number of alkyl halides is 2. The number of nitrogens with one attached hydrogen (secondary N) is 2. The number of hydrogen-bond acceptors (Lipinski definition) is 4. The fraction of sp³-hybridized carbons (Fsp3) is 0.400. The molecule has 0 amide bonds. The van der Waals surface area contributed by atoms with Crippen molar-refractivity contribution in [2.75, 3.05) is 38.1 Å². The van der Waals surface area contributed by atoms with Crippen molar-refractivity contribution in [1.82, 2.24) is 10.2 Å². The molecule has 3 rings (SSSR count). The fourth-order valence-corrected chi connectivity index (χ4v) is 3.33. The molecule has 1 aliphatic heterocycles. The van der Waals surface area contributed by atoms with Crippen LogP contribution in [0.1, 0.15) is 17.2 Å². The van der Waals surface area contributed by atoms with Gasteiger partial charge in [0.1, 0.15) is 12.6 Å². The summed E-state index contributed by atoms with van der Waals surface area (Å²) in [6.07, 6.45) is 0. The zero-order chi connectivity index (χ0) is 18.4. The molecule has 0 saturated carbocycles. The van der Waals surface area contributed by atoms with Gasteiger partial charge < -0.3 is 15.7 Å². The Morgan fingerprint density at radius 1 is 1.04 bits per heavy atom. The number of benzene rings is 2. The van der Waals surface area contributed by atoms with Gasteiger partial charge in [0, 0.05) is 38.4 Å². The molecule has 0 bridgehead atoms. The van der Waals surface area contributed by atoms with E-state index in [0.717, 1.165) is 11.3 Å². The van der Waals surface area contributed by atoms with Crippen LogP contribution >= 0.6 is 12.4 Å². The summed E-state index contributed by atoms with van der Waals surface area (Å²) in [5, 5.41) is 15.7. The molecule has 2 aromatic carbocycles. The Labute approximate surface area is 165 Å². The number of halogens is 3. The molecule has 148 valence electrons. The average molecular weight is 398 g/mol. The summed E-state index contributed by atoms with van der Waals surface area (Å²) < 4.78 is 28.9. The molecule has 1 aliphatic rings. The van der Waals surface area contributed by atoms with E-state index in [1.54, 1.807) is 17.0 Å². The van der Waals surface area contributed by atoms with Crippen LogP contribution in [0.15, 0.2) is 54.6 Å². The first kappa shape index (κ1) is 21.6. The van der Waals surface area contributed by atoms with Gasteiger partial charge in [-0.1, -0.05) is 42.5 Å². The molecule has 0 unspecified atom stereocenters. The predicted molar refractivity (Wildman–Crippen MR) is 107 cm³/mol. The van der Waals surface area contributed by atoms with Crippen LogP contribution in [0.25, 0.3) is 0 Å². The first-order valence-corrected chi connectivity index (χ1v) is 8.91. The summed E-state index contributed by atoms with van der Waals surface area (Å²) in [4.78, 5) is 1.75. The van der Waals surface area contributed by atoms with Crippen molar-refractivity contribution < 1.29 is 13.9 Å². The second-order valence-electron chi connectivity index (χ2n) is 6.57. The van der Waals surface area contributed by atoms with E-state index in [-0.39, 0.29) is 12.4 Å². The molecule has 0 aliphatic carbocycles. The molecular formula is C20H26ClF2N3O. The van der Waals surface area contributed by atoms with E-state index in [1.807, 2.05) is 42.5 Å². The van der Waals surface area contributed by atoms with Gasteiger partial charge in [-0.05, 0) is 23.3 Å². The van der Waals surface area contributed by atoms with Crippen LogP contribution in [-0.2, 0) is 6.54 Å². The average Bonchev–Trinajstić information content (AvgIpc) is 2.69. The third-order valence-electron chi connectivity index (χ3n) is 4.69. The molecule has 2 aromatic rings. The molecule has 0 spiro atoms. The van der Waals surface area contributed by atoms with E-state index in [0.29, 0.717) is 38.3 Å². The van der Waals surface area contributed by atoms with Crippen molar-refractivity contribution in [3.8, 4) is 0 Å². The Morgan fingerprint density at radius 2 is 1.67 bits per heavy atom. The summed E-state index contributed by atoms with van der Waals surface area (Å²) >= 11 is 0. The second-order valence-corrected chi connectivity index (χ2v) is 6.57. The molecule has 27 heavy (non-hydrogen) atoms. The van der Waals surface area contributed by atoms with Crippen molar-refractivity contribution in [3.05, 3.63) is 65.7 Å². The quantitative estimate of drug-likeness (QED) is 0.671. The first-order chi connectivity index (χ1) is 12.6. The minimum absolute atomic E-state index is 0. The van der Waals surface area contributed by atoms with Gasteiger partial charge in [-0.15, -0.1) is 12.4 Å². The van der Waals surface area contributed by atoms with Crippen molar-refractivity contribution in [1.29, 1.82) is 0 Å². The Kier molecular flexibility index (Phi) is 7.98. The molecule has 7 heteroatoms. The highest BCUT2D eigenvalue weighted by molar-refractivity contribution is 5.85. The highest BCUT2D eigenvalue weighted by Gasteiger charge is 2.43. The van der Waals surface area contributed by atoms with Crippen LogP contribution in [0.4, 0.5) is 14.5 Å². The minimum Gasteiger partial charge on any atom is -0.390 e. The van der Waals surface area contributed by atoms with Gasteiger partial charge in [-0.25, -0.2) is 8.78 Å². The Hall–Kier alpha value is -1.73. The first-order valence-electron chi connectivity index (χ1n) is 8.91. The highest BCUT2D eigenvalue weighted by Crippen LogP contribution is 2.36. The van der Waals surface area contributed by atoms with Crippen molar-refractivity contribution in [2.24, 2.45) is 0 Å². The van der Waals surface area contributed by atoms with E-state index in [2.05, 4.69) is 10.6 Å². The van der Waals surface area contributed by atoms with Gasteiger partial charge in [0.25, 0.3) is 5.92 Å². The Morgan fingerprint density at radius 3 is 2.26 bits per heavy atom. The van der Waals surface area contributed by atoms with Crippen LogP contribution in [0, 0.1) is 0 Å². The zero-order valence-corrected chi connectivity index (χ0v) is 15.9. The molecule has 1 heterocycles. The maximum Gasteiger partial charge on any atom is 0.289 e. The van der Waals surface area contributed by atoms with Crippen LogP contribution in [-0.4, -0.2) is 48.7 Å². The lowest BCUT2D eigenvalue weighted by Crippen LogP contribution is -2.51. The van der Waals surface area contributed by atoms with Gasteiger partial charge >= 0.3 is 0 Å². The normalized spacial score (nSPS) is 16.4. The summed E-state index contributed by atoms with van der Waals surface area (Å²) in [7, 11) is 0. The second kappa shape index (κ2) is 9.99. The monoisotopic (exact) mass is 397 g/mol. The van der Waals surface area contributed by atoms with Crippen LogP contribution < -0.4 is 10.6 Å². The van der Waals surface area contributed by atoms with Gasteiger partial charge in [0.15, 0.2) is 0 Å². The van der Waals surface area contributed by atoms with Gasteiger partial charge in [-0.3, -0.25) is 4.90 Å². The summed E-state index contributed by atoms with van der Waals surface area (Å²) in [5.74, 6) is -3.18. The lowest BCUT2D eigenvalue weighted by atomic mass is 9.98. The van der Waals surface area contributed by atoms with Gasteiger partial charge in [-0.2, -0.15) is 0 Å². The van der Waals surface area contributed by atoms with Gasteiger partial charge in [0.2, 0.25) is 0 Å². The number of anilines is 1. The highest BCUT2D eigenvalue weighted by atomic mass is 35.5. The third-order valence-corrected chi connectivity index (χ3v) is 4.69. The molecule has 0 aromatic heterocycles. The fourth-order valence-electron chi connectivity index (χ4n) is 3.33. The molecular weight excluding hydrogens is 372 g/mol. The largest absolute Gasteiger partial charge is 0.390 e. The number of piperazine rings is 1.